The van der Waals surface area contributed by atoms with Gasteiger partial charge in [0.2, 0.25) is 0 Å². The number of hydrogen-bond donors (Lipinski definition) is 1. The number of rotatable bonds is 1. The van der Waals surface area contributed by atoms with Gasteiger partial charge in [-0.2, -0.15) is 0 Å². The summed E-state index contributed by atoms with van der Waals surface area (Å²) in [6.45, 7) is 7.92. The average Bonchev–Trinajstić information content (AvgIpc) is 2.10. The molecule has 1 rings (SSSR count). The first-order valence-electron chi connectivity index (χ1n) is 4.36. The molecule has 11 heavy (non-hydrogen) atoms. The first-order chi connectivity index (χ1) is 5.41. The molecule has 0 aromatic heterocycles. The molecule has 0 aliphatic carbocycles. The molecule has 1 fully saturated rings. The average molecular weight is 153 g/mol. The molecule has 0 amide bonds. The van der Waals surface area contributed by atoms with E-state index in [1.54, 1.807) is 6.08 Å². The first kappa shape index (κ1) is 10.4. The fraction of sp³-hybridized carbons (Fsp3) is 0.600. The molecule has 1 heteroatoms. The molecular formula is C10H19N. The highest BCUT2D eigenvalue weighted by Gasteiger charge is 1.93. The Kier molecular flexibility index (Phi) is 8.96. The first-order valence-corrected chi connectivity index (χ1v) is 4.36. The van der Waals surface area contributed by atoms with Crippen LogP contribution in [0.5, 0.6) is 0 Å². The predicted octanol–water partition coefficient (Wildman–Crippen LogP) is 2.51. The second-order valence-electron chi connectivity index (χ2n) is 2.57. The van der Waals surface area contributed by atoms with Gasteiger partial charge in [-0.25, -0.2) is 0 Å². The molecule has 0 radical (unpaired) electrons. The molecule has 1 N–H and O–H groups in total. The van der Waals surface area contributed by atoms with Gasteiger partial charge in [0.05, 0.1) is 0 Å². The summed E-state index contributed by atoms with van der Waals surface area (Å²) < 4.78 is 0. The van der Waals surface area contributed by atoms with Crippen molar-refractivity contribution < 1.29 is 0 Å². The van der Waals surface area contributed by atoms with E-state index in [1.807, 2.05) is 19.1 Å². The van der Waals surface area contributed by atoms with Gasteiger partial charge in [0.15, 0.2) is 0 Å². The molecular weight excluding hydrogens is 134 g/mol. The minimum atomic E-state index is 1.25. The van der Waals surface area contributed by atoms with Gasteiger partial charge in [0.25, 0.3) is 0 Å². The molecule has 1 nitrogen and oxygen atoms in total. The van der Waals surface area contributed by atoms with Gasteiger partial charge in [-0.15, -0.1) is 0 Å². The zero-order chi connectivity index (χ0) is 8.36. The minimum Gasteiger partial charge on any atom is -0.317 e. The summed E-state index contributed by atoms with van der Waals surface area (Å²) in [5, 5.41) is 3.28. The third kappa shape index (κ3) is 9.44. The van der Waals surface area contributed by atoms with E-state index in [1.165, 1.54) is 32.4 Å². The normalized spacial score (nSPS) is 17.2. The molecule has 1 aliphatic heterocycles. The van der Waals surface area contributed by atoms with Crippen molar-refractivity contribution in [1.82, 2.24) is 5.32 Å². The molecule has 0 saturated carbocycles. The zero-order valence-corrected chi connectivity index (χ0v) is 7.47. The summed E-state index contributed by atoms with van der Waals surface area (Å²) >= 11 is 0. The summed E-state index contributed by atoms with van der Waals surface area (Å²) in [5.74, 6) is 0. The second-order valence-corrected chi connectivity index (χ2v) is 2.57. The molecule has 0 atom stereocenters. The van der Waals surface area contributed by atoms with Crippen molar-refractivity contribution in [1.29, 1.82) is 0 Å². The molecule has 64 valence electrons. The van der Waals surface area contributed by atoms with E-state index in [0.717, 1.165) is 0 Å². The van der Waals surface area contributed by atoms with Crippen LogP contribution in [0.25, 0.3) is 0 Å². The molecule has 0 spiro atoms. The van der Waals surface area contributed by atoms with E-state index in [2.05, 4.69) is 11.9 Å². The van der Waals surface area contributed by atoms with Crippen molar-refractivity contribution in [2.75, 3.05) is 13.1 Å². The van der Waals surface area contributed by atoms with Crippen molar-refractivity contribution in [3.63, 3.8) is 0 Å². The van der Waals surface area contributed by atoms with Gasteiger partial charge in [-0.1, -0.05) is 31.2 Å². The van der Waals surface area contributed by atoms with E-state index in [9.17, 15) is 0 Å². The summed E-state index contributed by atoms with van der Waals surface area (Å²) in [4.78, 5) is 0. The Morgan fingerprint density at radius 3 is 1.91 bits per heavy atom. The highest BCUT2D eigenvalue weighted by molar-refractivity contribution is 4.94. The van der Waals surface area contributed by atoms with E-state index < -0.39 is 0 Å². The smallest absolute Gasteiger partial charge is 0.00489 e. The van der Waals surface area contributed by atoms with Crippen LogP contribution in [0, 0.1) is 0 Å². The maximum Gasteiger partial charge on any atom is -0.00489 e. The Bertz CT molecular complexity index is 89.9. The number of hydrogen-bond acceptors (Lipinski definition) is 1. The largest absolute Gasteiger partial charge is 0.317 e. The number of nitrogens with one attached hydrogen (secondary N) is 1. The lowest BCUT2D eigenvalue weighted by molar-refractivity contribution is 0.520. The lowest BCUT2D eigenvalue weighted by Gasteiger charge is -2.08. The van der Waals surface area contributed by atoms with Crippen molar-refractivity contribution in [2.45, 2.75) is 26.2 Å². The summed E-state index contributed by atoms with van der Waals surface area (Å²) in [6.07, 6.45) is 9.79. The third-order valence-corrected chi connectivity index (χ3v) is 1.54. The molecule has 1 aliphatic rings. The quantitative estimate of drug-likeness (QED) is 0.571. The number of piperidine rings is 1. The molecule has 0 unspecified atom stereocenters. The highest BCUT2D eigenvalue weighted by Crippen LogP contribution is 1.96. The van der Waals surface area contributed by atoms with Crippen LogP contribution in [0.15, 0.2) is 24.8 Å². The van der Waals surface area contributed by atoms with Gasteiger partial charge >= 0.3 is 0 Å². The van der Waals surface area contributed by atoms with Gasteiger partial charge in [0.1, 0.15) is 0 Å². The van der Waals surface area contributed by atoms with Crippen LogP contribution in [0.1, 0.15) is 26.2 Å². The standard InChI is InChI=1S/C5H11N.C5H8/c1-2-4-6-5-3-1;1-3-5-4-2/h6H,1-5H2;3-5H,1H2,2H3. The SMILES string of the molecule is C1CCNCC1.C=CC=CC. The van der Waals surface area contributed by atoms with E-state index >= 15 is 0 Å². The van der Waals surface area contributed by atoms with Crippen LogP contribution in [0.2, 0.25) is 0 Å². The van der Waals surface area contributed by atoms with Crippen LogP contribution >= 0.6 is 0 Å². The van der Waals surface area contributed by atoms with Crippen LogP contribution in [0.3, 0.4) is 0 Å². The summed E-state index contributed by atoms with van der Waals surface area (Å²) in [6, 6.07) is 0. The van der Waals surface area contributed by atoms with Crippen LogP contribution < -0.4 is 5.32 Å². The van der Waals surface area contributed by atoms with Crippen molar-refractivity contribution in [2.24, 2.45) is 0 Å². The Labute approximate surface area is 70.2 Å². The van der Waals surface area contributed by atoms with Gasteiger partial charge in [-0.05, 0) is 32.9 Å². The van der Waals surface area contributed by atoms with Crippen molar-refractivity contribution in [3.8, 4) is 0 Å². The fourth-order valence-electron chi connectivity index (χ4n) is 0.938. The van der Waals surface area contributed by atoms with Crippen LogP contribution in [0.4, 0.5) is 0 Å². The Morgan fingerprint density at radius 2 is 1.82 bits per heavy atom. The van der Waals surface area contributed by atoms with Gasteiger partial charge < -0.3 is 5.32 Å². The van der Waals surface area contributed by atoms with Crippen LogP contribution in [-0.2, 0) is 0 Å². The molecule has 0 aromatic carbocycles. The topological polar surface area (TPSA) is 12.0 Å². The van der Waals surface area contributed by atoms with Crippen LogP contribution in [-0.4, -0.2) is 13.1 Å². The van der Waals surface area contributed by atoms with E-state index in [0.29, 0.717) is 0 Å². The van der Waals surface area contributed by atoms with Crippen molar-refractivity contribution in [3.05, 3.63) is 24.8 Å². The lowest BCUT2D eigenvalue weighted by atomic mass is 10.2. The lowest BCUT2D eigenvalue weighted by Crippen LogP contribution is -2.21. The third-order valence-electron chi connectivity index (χ3n) is 1.54. The Hall–Kier alpha value is -0.560. The van der Waals surface area contributed by atoms with Crippen molar-refractivity contribution >= 4 is 0 Å². The monoisotopic (exact) mass is 153 g/mol. The maximum atomic E-state index is 3.46. The summed E-state index contributed by atoms with van der Waals surface area (Å²) in [7, 11) is 0. The maximum absolute atomic E-state index is 3.46. The van der Waals surface area contributed by atoms with E-state index in [-0.39, 0.29) is 0 Å². The summed E-state index contributed by atoms with van der Waals surface area (Å²) in [5.41, 5.74) is 0. The second kappa shape index (κ2) is 9.44. The molecule has 1 heterocycles. The highest BCUT2D eigenvalue weighted by atomic mass is 14.9. The number of allylic oxidation sites excluding steroid dienone is 3. The Balaban J connectivity index is 0.000000187. The fourth-order valence-corrected chi connectivity index (χ4v) is 0.938. The minimum absolute atomic E-state index is 1.25. The Morgan fingerprint density at radius 1 is 1.18 bits per heavy atom. The van der Waals surface area contributed by atoms with E-state index in [4.69, 9.17) is 0 Å². The van der Waals surface area contributed by atoms with Gasteiger partial charge in [0, 0.05) is 0 Å². The zero-order valence-electron chi connectivity index (χ0n) is 7.47. The molecule has 0 aromatic rings. The van der Waals surface area contributed by atoms with Gasteiger partial charge in [-0.3, -0.25) is 0 Å². The molecule has 0 bridgehead atoms. The predicted molar refractivity (Wildman–Crippen MR) is 51.7 cm³/mol. The molecule has 1 saturated heterocycles.